The third kappa shape index (κ3) is 4.18. The summed E-state index contributed by atoms with van der Waals surface area (Å²) in [6.45, 7) is 2.68. The van der Waals surface area contributed by atoms with Gasteiger partial charge >= 0.3 is 0 Å². The number of aryl methyl sites for hydroxylation is 1. The first-order chi connectivity index (χ1) is 11.1. The van der Waals surface area contributed by atoms with E-state index >= 15 is 0 Å². The van der Waals surface area contributed by atoms with Crippen LogP contribution in [0, 0.1) is 0 Å². The normalized spacial score (nSPS) is 12.0. The summed E-state index contributed by atoms with van der Waals surface area (Å²) < 4.78 is 10.8. The minimum absolute atomic E-state index is 0.207. The van der Waals surface area contributed by atoms with Crippen LogP contribution in [0.25, 0.3) is 0 Å². The van der Waals surface area contributed by atoms with Crippen LogP contribution in [0.15, 0.2) is 36.4 Å². The Morgan fingerprint density at radius 3 is 2.26 bits per heavy atom. The van der Waals surface area contributed by atoms with Gasteiger partial charge in [-0.2, -0.15) is 0 Å². The first-order valence-electron chi connectivity index (χ1n) is 7.82. The highest BCUT2D eigenvalue weighted by atomic mass is 35.5. The van der Waals surface area contributed by atoms with E-state index in [2.05, 4.69) is 19.1 Å². The molecular formula is C19H24ClNO2. The van der Waals surface area contributed by atoms with Crippen molar-refractivity contribution in [2.24, 2.45) is 5.73 Å². The van der Waals surface area contributed by atoms with Crippen LogP contribution >= 0.6 is 11.6 Å². The molecule has 2 rings (SSSR count). The Balaban J connectivity index is 2.32. The number of hydrogen-bond acceptors (Lipinski definition) is 3. The lowest BCUT2D eigenvalue weighted by atomic mass is 9.90. The summed E-state index contributed by atoms with van der Waals surface area (Å²) in [7, 11) is 3.37. The lowest BCUT2D eigenvalue weighted by Crippen LogP contribution is -2.16. The minimum atomic E-state index is 0.207. The van der Waals surface area contributed by atoms with Crippen molar-refractivity contribution in [2.75, 3.05) is 20.8 Å². The maximum absolute atomic E-state index is 6.13. The molecule has 0 aliphatic heterocycles. The molecule has 0 saturated carbocycles. The number of methoxy groups -OCH3 is 2. The molecule has 124 valence electrons. The Morgan fingerprint density at radius 1 is 1.00 bits per heavy atom. The second-order valence-electron chi connectivity index (χ2n) is 5.52. The van der Waals surface area contributed by atoms with Gasteiger partial charge in [0.15, 0.2) is 0 Å². The fourth-order valence-electron chi connectivity index (χ4n) is 2.84. The molecule has 0 heterocycles. The average Bonchev–Trinajstić information content (AvgIpc) is 2.59. The van der Waals surface area contributed by atoms with Gasteiger partial charge in [-0.05, 0) is 60.3 Å². The van der Waals surface area contributed by atoms with Crippen LogP contribution in [0.3, 0.4) is 0 Å². The van der Waals surface area contributed by atoms with Crippen molar-refractivity contribution in [3.8, 4) is 11.5 Å². The monoisotopic (exact) mass is 333 g/mol. The zero-order valence-electron chi connectivity index (χ0n) is 13.9. The Kier molecular flexibility index (Phi) is 6.31. The molecule has 0 radical (unpaired) electrons. The first kappa shape index (κ1) is 17.6. The van der Waals surface area contributed by atoms with E-state index in [0.717, 1.165) is 29.9 Å². The van der Waals surface area contributed by atoms with Gasteiger partial charge in [-0.25, -0.2) is 0 Å². The smallest absolute Gasteiger partial charge is 0.122 e. The summed E-state index contributed by atoms with van der Waals surface area (Å²) in [5, 5.41) is 0.709. The van der Waals surface area contributed by atoms with Crippen molar-refractivity contribution in [1.29, 1.82) is 0 Å². The van der Waals surface area contributed by atoms with Gasteiger partial charge in [0.2, 0.25) is 0 Å². The molecule has 0 aliphatic carbocycles. The Morgan fingerprint density at radius 2 is 1.65 bits per heavy atom. The molecule has 3 nitrogen and oxygen atoms in total. The zero-order valence-corrected chi connectivity index (χ0v) is 14.7. The van der Waals surface area contributed by atoms with Crippen molar-refractivity contribution >= 4 is 11.6 Å². The highest BCUT2D eigenvalue weighted by Crippen LogP contribution is 2.30. The number of nitrogens with two attached hydrogens (primary N) is 1. The van der Waals surface area contributed by atoms with Gasteiger partial charge < -0.3 is 15.2 Å². The maximum atomic E-state index is 6.13. The Bertz CT molecular complexity index is 658. The molecule has 1 atom stereocenters. The molecule has 0 spiro atoms. The first-order valence-corrected chi connectivity index (χ1v) is 8.20. The summed E-state index contributed by atoms with van der Waals surface area (Å²) in [5.74, 6) is 1.98. The van der Waals surface area contributed by atoms with Gasteiger partial charge in [0.05, 0.1) is 14.2 Å². The lowest BCUT2D eigenvalue weighted by molar-refractivity contribution is 0.407. The second-order valence-corrected chi connectivity index (χ2v) is 5.95. The molecule has 4 heteroatoms. The van der Waals surface area contributed by atoms with E-state index in [1.54, 1.807) is 14.2 Å². The number of halogens is 1. The van der Waals surface area contributed by atoms with Crippen molar-refractivity contribution in [2.45, 2.75) is 25.7 Å². The van der Waals surface area contributed by atoms with Gasteiger partial charge in [0.25, 0.3) is 0 Å². The van der Waals surface area contributed by atoms with Crippen molar-refractivity contribution < 1.29 is 9.47 Å². The highest BCUT2D eigenvalue weighted by molar-refractivity contribution is 6.30. The SMILES string of the molecule is CCc1cc(C(CN)Cc2cc(Cl)ccc2OC)ccc1OC. The van der Waals surface area contributed by atoms with E-state index in [1.165, 1.54) is 11.1 Å². The van der Waals surface area contributed by atoms with Crippen LogP contribution in [0.4, 0.5) is 0 Å². The molecular weight excluding hydrogens is 310 g/mol. The van der Waals surface area contributed by atoms with E-state index in [-0.39, 0.29) is 5.92 Å². The van der Waals surface area contributed by atoms with E-state index in [4.69, 9.17) is 26.8 Å². The summed E-state index contributed by atoms with van der Waals surface area (Å²) in [6.07, 6.45) is 1.71. The molecule has 0 amide bonds. The predicted octanol–water partition coefficient (Wildman–Crippen LogP) is 4.20. The topological polar surface area (TPSA) is 44.5 Å². The molecule has 2 aromatic carbocycles. The number of rotatable bonds is 7. The van der Waals surface area contributed by atoms with E-state index in [9.17, 15) is 0 Å². The fourth-order valence-corrected chi connectivity index (χ4v) is 3.03. The highest BCUT2D eigenvalue weighted by Gasteiger charge is 2.15. The molecule has 2 N–H and O–H groups in total. The number of hydrogen-bond donors (Lipinski definition) is 1. The van der Waals surface area contributed by atoms with Crippen LogP contribution in [-0.4, -0.2) is 20.8 Å². The van der Waals surface area contributed by atoms with Crippen LogP contribution in [0.2, 0.25) is 5.02 Å². The van der Waals surface area contributed by atoms with Gasteiger partial charge in [0, 0.05) is 10.9 Å². The van der Waals surface area contributed by atoms with Crippen LogP contribution in [0.5, 0.6) is 11.5 Å². The third-order valence-electron chi connectivity index (χ3n) is 4.15. The Hall–Kier alpha value is -1.71. The molecule has 23 heavy (non-hydrogen) atoms. The molecule has 2 aromatic rings. The summed E-state index contributed by atoms with van der Waals surface area (Å²) in [5.41, 5.74) is 9.52. The third-order valence-corrected chi connectivity index (χ3v) is 4.39. The second kappa shape index (κ2) is 8.23. The Labute approximate surface area is 143 Å². The molecule has 1 unspecified atom stereocenters. The molecule has 0 fully saturated rings. The molecule has 0 bridgehead atoms. The molecule has 0 aliphatic rings. The van der Waals surface area contributed by atoms with Crippen LogP contribution in [-0.2, 0) is 12.8 Å². The number of benzene rings is 2. The van der Waals surface area contributed by atoms with E-state index < -0.39 is 0 Å². The zero-order chi connectivity index (χ0) is 16.8. The van der Waals surface area contributed by atoms with Crippen molar-refractivity contribution in [3.63, 3.8) is 0 Å². The molecule has 0 aromatic heterocycles. The minimum Gasteiger partial charge on any atom is -0.496 e. The standard InChI is InChI=1S/C19H24ClNO2/c1-4-13-9-14(5-7-18(13)22-2)16(12-21)10-15-11-17(20)6-8-19(15)23-3/h5-9,11,16H,4,10,12,21H2,1-3H3. The quantitative estimate of drug-likeness (QED) is 0.825. The van der Waals surface area contributed by atoms with Crippen LogP contribution in [0.1, 0.15) is 29.5 Å². The number of ether oxygens (including phenoxy) is 2. The van der Waals surface area contributed by atoms with Crippen molar-refractivity contribution in [1.82, 2.24) is 0 Å². The van der Waals surface area contributed by atoms with Crippen LogP contribution < -0.4 is 15.2 Å². The summed E-state index contributed by atoms with van der Waals surface area (Å²) >= 11 is 6.13. The van der Waals surface area contributed by atoms with Gasteiger partial charge in [-0.1, -0.05) is 30.7 Å². The van der Waals surface area contributed by atoms with Gasteiger partial charge in [-0.3, -0.25) is 0 Å². The average molecular weight is 334 g/mol. The molecule has 0 saturated heterocycles. The fraction of sp³-hybridized carbons (Fsp3) is 0.368. The van der Waals surface area contributed by atoms with Gasteiger partial charge in [0.1, 0.15) is 11.5 Å². The van der Waals surface area contributed by atoms with Crippen molar-refractivity contribution in [3.05, 3.63) is 58.1 Å². The predicted molar refractivity (Wildman–Crippen MR) is 95.9 cm³/mol. The lowest BCUT2D eigenvalue weighted by Gasteiger charge is -2.19. The van der Waals surface area contributed by atoms with E-state index in [0.29, 0.717) is 11.6 Å². The largest absolute Gasteiger partial charge is 0.496 e. The summed E-state index contributed by atoms with van der Waals surface area (Å²) in [4.78, 5) is 0. The summed E-state index contributed by atoms with van der Waals surface area (Å²) in [6, 6.07) is 12.0. The van der Waals surface area contributed by atoms with Gasteiger partial charge in [-0.15, -0.1) is 0 Å². The van der Waals surface area contributed by atoms with E-state index in [1.807, 2.05) is 24.3 Å². The maximum Gasteiger partial charge on any atom is 0.122 e.